The summed E-state index contributed by atoms with van der Waals surface area (Å²) in [5.74, 6) is 0. The van der Waals surface area contributed by atoms with E-state index in [1.165, 1.54) is 66.0 Å². The van der Waals surface area contributed by atoms with E-state index in [1.54, 1.807) is 0 Å². The van der Waals surface area contributed by atoms with Crippen LogP contribution in [0.4, 0.5) is 0 Å². The Hall–Kier alpha value is -1.99. The average Bonchev–Trinajstić information content (AvgIpc) is 3.28. The van der Waals surface area contributed by atoms with E-state index < -0.39 is 7.06 Å². The first-order valence-electron chi connectivity index (χ1n) is 10.7. The van der Waals surface area contributed by atoms with Crippen molar-refractivity contribution < 1.29 is 9.35 Å². The third kappa shape index (κ3) is 2.74. The second kappa shape index (κ2) is 6.76. The Morgan fingerprint density at radius 2 is 0.600 bits per heavy atom. The molecule has 0 aliphatic carbocycles. The minimum atomic E-state index is -3.48. The molecule has 1 fully saturated rings. The van der Waals surface area contributed by atoms with Gasteiger partial charge in [-0.2, -0.15) is 0 Å². The van der Waals surface area contributed by atoms with Gasteiger partial charge in [-0.1, -0.05) is 0 Å². The Morgan fingerprint density at radius 3 is 0.767 bits per heavy atom. The molecule has 0 unspecified atom stereocenters. The van der Waals surface area contributed by atoms with Gasteiger partial charge in [-0.05, 0) is 0 Å². The second-order valence-corrected chi connectivity index (χ2v) is 12.9. The van der Waals surface area contributed by atoms with Gasteiger partial charge in [0.05, 0.1) is 0 Å². The minimum absolute atomic E-state index is 1.23. The van der Waals surface area contributed by atoms with Gasteiger partial charge in [-0.15, -0.1) is 0 Å². The van der Waals surface area contributed by atoms with Crippen LogP contribution in [-0.2, 0) is 9.35 Å². The molecule has 1 aliphatic rings. The van der Waals surface area contributed by atoms with Gasteiger partial charge in [-0.3, -0.25) is 0 Å². The van der Waals surface area contributed by atoms with Crippen LogP contribution in [0, 0.1) is 62.3 Å². The fourth-order valence-corrected chi connectivity index (χ4v) is 11.8. The molecule has 158 valence electrons. The third-order valence-electron chi connectivity index (χ3n) is 6.42. The number of benzene rings is 3. The van der Waals surface area contributed by atoms with Gasteiger partial charge in [0, 0.05) is 0 Å². The van der Waals surface area contributed by atoms with Gasteiger partial charge in [0.15, 0.2) is 0 Å². The maximum atomic E-state index is 6.48. The van der Waals surface area contributed by atoms with E-state index in [0.29, 0.717) is 0 Å². The van der Waals surface area contributed by atoms with E-state index in [2.05, 4.69) is 98.7 Å². The Labute approximate surface area is 181 Å². The van der Waals surface area contributed by atoms with E-state index in [0.717, 1.165) is 0 Å². The summed E-state index contributed by atoms with van der Waals surface area (Å²) < 4.78 is 13.0. The molecule has 1 heterocycles. The van der Waals surface area contributed by atoms with Crippen LogP contribution in [0.25, 0.3) is 0 Å². The molecule has 0 N–H and O–H groups in total. The van der Waals surface area contributed by atoms with Crippen LogP contribution < -0.4 is 15.9 Å². The SMILES string of the molecule is Cc1cc(C)c(P2(c3c(C)cc(C)cc3C)(c3c(C)cc(C)cc3C)OO2)c(C)c1. The predicted octanol–water partition coefficient (Wildman–Crippen LogP) is 6.08. The van der Waals surface area contributed by atoms with Gasteiger partial charge in [-0.25, -0.2) is 0 Å². The first kappa shape index (κ1) is 21.2. The normalized spacial score (nSPS) is 18.0. The molecule has 0 saturated carbocycles. The molecular formula is C27H33O2P. The Balaban J connectivity index is 2.27. The molecule has 0 spiro atoms. The van der Waals surface area contributed by atoms with Gasteiger partial charge >= 0.3 is 181 Å². The molecule has 0 bridgehead atoms. The van der Waals surface area contributed by atoms with Crippen LogP contribution in [0.3, 0.4) is 0 Å². The van der Waals surface area contributed by atoms with Crippen LogP contribution in [0.15, 0.2) is 36.4 Å². The van der Waals surface area contributed by atoms with Crippen molar-refractivity contribution in [1.82, 2.24) is 0 Å². The topological polar surface area (TPSA) is 25.1 Å². The summed E-state index contributed by atoms with van der Waals surface area (Å²) in [7, 11) is -3.48. The van der Waals surface area contributed by atoms with Crippen molar-refractivity contribution in [1.29, 1.82) is 0 Å². The van der Waals surface area contributed by atoms with E-state index in [4.69, 9.17) is 9.35 Å². The van der Waals surface area contributed by atoms with E-state index in [1.807, 2.05) is 0 Å². The first-order chi connectivity index (χ1) is 14.0. The fourth-order valence-electron chi connectivity index (χ4n) is 6.05. The van der Waals surface area contributed by atoms with E-state index in [-0.39, 0.29) is 0 Å². The Kier molecular flexibility index (Phi) is 4.78. The molecule has 30 heavy (non-hydrogen) atoms. The van der Waals surface area contributed by atoms with Crippen LogP contribution >= 0.6 is 7.06 Å². The molecule has 3 heteroatoms. The molecule has 4 rings (SSSR count). The zero-order chi connectivity index (χ0) is 22.0. The summed E-state index contributed by atoms with van der Waals surface area (Å²) in [4.78, 5) is 0. The molecule has 0 atom stereocenters. The van der Waals surface area contributed by atoms with Gasteiger partial charge in [0.1, 0.15) is 0 Å². The molecule has 1 saturated heterocycles. The van der Waals surface area contributed by atoms with Gasteiger partial charge in [0.25, 0.3) is 0 Å². The predicted molar refractivity (Wildman–Crippen MR) is 130 cm³/mol. The average molecular weight is 421 g/mol. The second-order valence-electron chi connectivity index (χ2n) is 9.35. The van der Waals surface area contributed by atoms with Crippen molar-refractivity contribution in [2.24, 2.45) is 0 Å². The van der Waals surface area contributed by atoms with Crippen molar-refractivity contribution in [3.63, 3.8) is 0 Å². The number of hydrogen-bond donors (Lipinski definition) is 0. The summed E-state index contributed by atoms with van der Waals surface area (Å²) in [6.07, 6.45) is 0. The number of rotatable bonds is 3. The fraction of sp³-hybridized carbons (Fsp3) is 0.333. The monoisotopic (exact) mass is 420 g/mol. The van der Waals surface area contributed by atoms with Crippen LogP contribution in [-0.4, -0.2) is 0 Å². The van der Waals surface area contributed by atoms with Crippen molar-refractivity contribution in [3.05, 3.63) is 86.5 Å². The molecule has 2 nitrogen and oxygen atoms in total. The molecule has 0 radical (unpaired) electrons. The molecule has 0 aromatic heterocycles. The van der Waals surface area contributed by atoms with Crippen molar-refractivity contribution in [3.8, 4) is 0 Å². The molecular weight excluding hydrogens is 387 g/mol. The van der Waals surface area contributed by atoms with E-state index >= 15 is 0 Å². The molecule has 3 aromatic carbocycles. The van der Waals surface area contributed by atoms with Crippen molar-refractivity contribution in [2.45, 2.75) is 62.3 Å². The van der Waals surface area contributed by atoms with Gasteiger partial charge < -0.3 is 0 Å². The van der Waals surface area contributed by atoms with Crippen LogP contribution in [0.2, 0.25) is 0 Å². The van der Waals surface area contributed by atoms with Crippen LogP contribution in [0.5, 0.6) is 0 Å². The van der Waals surface area contributed by atoms with Crippen molar-refractivity contribution >= 4 is 23.0 Å². The summed E-state index contributed by atoms with van der Waals surface area (Å²) in [5.41, 5.74) is 11.2. The summed E-state index contributed by atoms with van der Waals surface area (Å²) in [6, 6.07) is 13.6. The third-order valence-corrected chi connectivity index (χ3v) is 11.6. The van der Waals surface area contributed by atoms with Crippen molar-refractivity contribution in [2.75, 3.05) is 0 Å². The zero-order valence-corrected chi connectivity index (χ0v) is 20.6. The number of aryl methyl sites for hydroxylation is 9. The quantitative estimate of drug-likeness (QED) is 0.291. The number of hydrogen-bond acceptors (Lipinski definition) is 2. The maximum absolute atomic E-state index is 6.48. The Morgan fingerprint density at radius 1 is 0.400 bits per heavy atom. The summed E-state index contributed by atoms with van der Waals surface area (Å²) in [5, 5.41) is 3.70. The van der Waals surface area contributed by atoms with E-state index in [9.17, 15) is 0 Å². The molecule has 3 aromatic rings. The first-order valence-corrected chi connectivity index (χ1v) is 12.7. The zero-order valence-electron chi connectivity index (χ0n) is 19.7. The standard InChI is InChI=1S/C27H33O2P/c1-16-10-19(4)25(20(5)11-16)30(28-29-30,26-21(6)12-17(2)13-22(26)7)27-23(8)14-18(3)15-24(27)9/h10-15H,1-9H3. The molecule has 1 aliphatic heterocycles. The van der Waals surface area contributed by atoms with Gasteiger partial charge in [0.2, 0.25) is 0 Å². The van der Waals surface area contributed by atoms with Crippen LogP contribution in [0.1, 0.15) is 50.1 Å². The molecule has 0 amide bonds. The Bertz CT molecular complexity index is 986. The summed E-state index contributed by atoms with van der Waals surface area (Å²) in [6.45, 7) is 19.7. The summed E-state index contributed by atoms with van der Waals surface area (Å²) >= 11 is 0.